The molecule has 0 spiro atoms. The van der Waals surface area contributed by atoms with Gasteiger partial charge in [-0.1, -0.05) is 6.92 Å². The fourth-order valence-corrected chi connectivity index (χ4v) is 2.23. The van der Waals surface area contributed by atoms with Crippen LogP contribution in [0.5, 0.6) is 0 Å². The Balaban J connectivity index is 1.58. The Morgan fingerprint density at radius 2 is 2.38 bits per heavy atom. The molecule has 0 amide bonds. The lowest BCUT2D eigenvalue weighted by Crippen LogP contribution is -2.01. The van der Waals surface area contributed by atoms with Crippen molar-refractivity contribution in [3.63, 3.8) is 0 Å². The molecule has 1 N–H and O–H groups in total. The molecule has 1 atom stereocenters. The Bertz CT molecular complexity index is 364. The fourth-order valence-electron chi connectivity index (χ4n) is 2.23. The Morgan fingerprint density at radius 3 is 3.06 bits per heavy atom. The molecule has 1 saturated carbocycles. The summed E-state index contributed by atoms with van der Waals surface area (Å²) in [6.07, 6.45) is 6.10. The molecule has 1 saturated heterocycles. The summed E-state index contributed by atoms with van der Waals surface area (Å²) < 4.78 is 5.35. The SMILES string of the molecule is CC1(CCc2nc(C3CCOC3)n[nH]2)CC1. The predicted octanol–water partition coefficient (Wildman–Crippen LogP) is 2.04. The second-order valence-electron chi connectivity index (χ2n) is 5.51. The number of nitrogens with one attached hydrogen (secondary N) is 1. The highest BCUT2D eigenvalue weighted by atomic mass is 16.5. The van der Waals surface area contributed by atoms with Gasteiger partial charge < -0.3 is 4.74 Å². The molecule has 1 unspecified atom stereocenters. The van der Waals surface area contributed by atoms with Gasteiger partial charge in [0.1, 0.15) is 5.82 Å². The van der Waals surface area contributed by atoms with E-state index in [0.717, 1.165) is 37.7 Å². The van der Waals surface area contributed by atoms with Gasteiger partial charge in [-0.3, -0.25) is 5.10 Å². The third-order valence-corrected chi connectivity index (χ3v) is 3.91. The van der Waals surface area contributed by atoms with E-state index in [4.69, 9.17) is 4.74 Å². The molecule has 2 heterocycles. The third kappa shape index (κ3) is 2.12. The fraction of sp³-hybridized carbons (Fsp3) is 0.833. The number of hydrogen-bond acceptors (Lipinski definition) is 3. The highest BCUT2D eigenvalue weighted by Gasteiger charge is 2.36. The van der Waals surface area contributed by atoms with Gasteiger partial charge in [0.2, 0.25) is 0 Å². The molecule has 0 bridgehead atoms. The van der Waals surface area contributed by atoms with Gasteiger partial charge >= 0.3 is 0 Å². The highest BCUT2D eigenvalue weighted by Crippen LogP contribution is 2.48. The molecule has 4 nitrogen and oxygen atoms in total. The first-order chi connectivity index (χ1) is 7.75. The largest absolute Gasteiger partial charge is 0.381 e. The van der Waals surface area contributed by atoms with Crippen LogP contribution in [0.4, 0.5) is 0 Å². The Labute approximate surface area is 95.8 Å². The van der Waals surface area contributed by atoms with Crippen LogP contribution in [0.3, 0.4) is 0 Å². The first-order valence-electron chi connectivity index (χ1n) is 6.24. The van der Waals surface area contributed by atoms with Crippen LogP contribution in [0.2, 0.25) is 0 Å². The zero-order valence-electron chi connectivity index (χ0n) is 9.83. The van der Waals surface area contributed by atoms with E-state index in [1.165, 1.54) is 19.3 Å². The number of rotatable bonds is 4. The molecule has 16 heavy (non-hydrogen) atoms. The van der Waals surface area contributed by atoms with Gasteiger partial charge in [0.05, 0.1) is 6.61 Å². The van der Waals surface area contributed by atoms with E-state index >= 15 is 0 Å². The summed E-state index contributed by atoms with van der Waals surface area (Å²) in [5.74, 6) is 2.42. The summed E-state index contributed by atoms with van der Waals surface area (Å²) >= 11 is 0. The lowest BCUT2D eigenvalue weighted by Gasteiger charge is -2.04. The molecule has 2 fully saturated rings. The van der Waals surface area contributed by atoms with Crippen LogP contribution in [-0.4, -0.2) is 28.4 Å². The quantitative estimate of drug-likeness (QED) is 0.846. The number of aromatic nitrogens is 3. The minimum atomic E-state index is 0.418. The van der Waals surface area contributed by atoms with E-state index in [1.54, 1.807) is 0 Å². The average Bonchev–Trinajstić information content (AvgIpc) is 2.81. The molecule has 0 aromatic carbocycles. The minimum absolute atomic E-state index is 0.418. The van der Waals surface area contributed by atoms with Crippen LogP contribution < -0.4 is 0 Å². The number of H-pyrrole nitrogens is 1. The molecular weight excluding hydrogens is 202 g/mol. The van der Waals surface area contributed by atoms with Crippen LogP contribution in [0.1, 0.15) is 50.2 Å². The number of ether oxygens (including phenoxy) is 1. The van der Waals surface area contributed by atoms with E-state index < -0.39 is 0 Å². The van der Waals surface area contributed by atoms with Crippen molar-refractivity contribution in [2.75, 3.05) is 13.2 Å². The molecular formula is C12H19N3O. The minimum Gasteiger partial charge on any atom is -0.381 e. The molecule has 1 aliphatic heterocycles. The average molecular weight is 221 g/mol. The second kappa shape index (κ2) is 3.84. The van der Waals surface area contributed by atoms with Crippen LogP contribution >= 0.6 is 0 Å². The summed E-state index contributed by atoms with van der Waals surface area (Å²) in [7, 11) is 0. The third-order valence-electron chi connectivity index (χ3n) is 3.91. The summed E-state index contributed by atoms with van der Waals surface area (Å²) in [5.41, 5.74) is 0.601. The van der Waals surface area contributed by atoms with Gasteiger partial charge in [-0.25, -0.2) is 4.98 Å². The van der Waals surface area contributed by atoms with Crippen molar-refractivity contribution in [2.45, 2.75) is 44.9 Å². The maximum atomic E-state index is 5.35. The lowest BCUT2D eigenvalue weighted by molar-refractivity contribution is 0.193. The van der Waals surface area contributed by atoms with Gasteiger partial charge in [-0.15, -0.1) is 0 Å². The van der Waals surface area contributed by atoms with Crippen LogP contribution in [0.15, 0.2) is 0 Å². The van der Waals surface area contributed by atoms with Crippen LogP contribution in [0.25, 0.3) is 0 Å². The monoisotopic (exact) mass is 221 g/mol. The lowest BCUT2D eigenvalue weighted by atomic mass is 10.0. The number of aromatic amines is 1. The van der Waals surface area contributed by atoms with E-state index in [2.05, 4.69) is 22.1 Å². The number of nitrogens with zero attached hydrogens (tertiary/aromatic N) is 2. The molecule has 4 heteroatoms. The van der Waals surface area contributed by atoms with E-state index in [1.807, 2.05) is 0 Å². The van der Waals surface area contributed by atoms with Crippen molar-refractivity contribution in [2.24, 2.45) is 5.41 Å². The van der Waals surface area contributed by atoms with E-state index in [9.17, 15) is 0 Å². The van der Waals surface area contributed by atoms with E-state index in [0.29, 0.717) is 11.3 Å². The topological polar surface area (TPSA) is 50.8 Å². The predicted molar refractivity (Wildman–Crippen MR) is 60.2 cm³/mol. The first-order valence-corrected chi connectivity index (χ1v) is 6.24. The van der Waals surface area contributed by atoms with Crippen molar-refractivity contribution < 1.29 is 4.74 Å². The highest BCUT2D eigenvalue weighted by molar-refractivity contribution is 5.01. The van der Waals surface area contributed by atoms with Crippen molar-refractivity contribution in [3.05, 3.63) is 11.6 Å². The maximum Gasteiger partial charge on any atom is 0.156 e. The Kier molecular flexibility index (Phi) is 2.46. The summed E-state index contributed by atoms with van der Waals surface area (Å²) in [6.45, 7) is 4.00. The summed E-state index contributed by atoms with van der Waals surface area (Å²) in [5, 5.41) is 7.37. The zero-order chi connectivity index (χ0) is 11.0. The van der Waals surface area contributed by atoms with E-state index in [-0.39, 0.29) is 0 Å². The van der Waals surface area contributed by atoms with Crippen molar-refractivity contribution in [1.29, 1.82) is 0 Å². The van der Waals surface area contributed by atoms with Gasteiger partial charge in [0.15, 0.2) is 5.82 Å². The van der Waals surface area contributed by atoms with Gasteiger partial charge in [-0.2, -0.15) is 5.10 Å². The van der Waals surface area contributed by atoms with Crippen LogP contribution in [-0.2, 0) is 11.2 Å². The molecule has 2 aliphatic rings. The maximum absolute atomic E-state index is 5.35. The Morgan fingerprint density at radius 1 is 1.50 bits per heavy atom. The summed E-state index contributed by atoms with van der Waals surface area (Å²) in [6, 6.07) is 0. The standard InChI is InChI=1S/C12H19N3O/c1-12(5-6-12)4-2-10-13-11(15-14-10)9-3-7-16-8-9/h9H,2-8H2,1H3,(H,13,14,15). The van der Waals surface area contributed by atoms with Crippen LogP contribution in [0, 0.1) is 5.41 Å². The molecule has 0 radical (unpaired) electrons. The second-order valence-corrected chi connectivity index (χ2v) is 5.51. The van der Waals surface area contributed by atoms with Crippen molar-refractivity contribution in [1.82, 2.24) is 15.2 Å². The smallest absolute Gasteiger partial charge is 0.156 e. The van der Waals surface area contributed by atoms with Gasteiger partial charge in [0, 0.05) is 18.9 Å². The normalized spacial score (nSPS) is 27.2. The zero-order valence-corrected chi connectivity index (χ0v) is 9.83. The molecule has 1 aromatic heterocycles. The molecule has 1 aromatic rings. The van der Waals surface area contributed by atoms with Gasteiger partial charge in [-0.05, 0) is 31.1 Å². The van der Waals surface area contributed by atoms with Crippen molar-refractivity contribution >= 4 is 0 Å². The summed E-state index contributed by atoms with van der Waals surface area (Å²) in [4.78, 5) is 4.58. The number of hydrogen-bond donors (Lipinski definition) is 1. The first kappa shape index (κ1) is 10.3. The van der Waals surface area contributed by atoms with Crippen molar-refractivity contribution in [3.8, 4) is 0 Å². The molecule has 3 rings (SSSR count). The van der Waals surface area contributed by atoms with Gasteiger partial charge in [0.25, 0.3) is 0 Å². The Hall–Kier alpha value is -0.900. The number of aryl methyl sites for hydroxylation is 1. The molecule has 88 valence electrons. The molecule has 1 aliphatic carbocycles.